The molecule has 1 aliphatic heterocycles. The van der Waals surface area contributed by atoms with Gasteiger partial charge in [0.15, 0.2) is 5.78 Å². The van der Waals surface area contributed by atoms with Gasteiger partial charge in [0.25, 0.3) is 0 Å². The van der Waals surface area contributed by atoms with Crippen molar-refractivity contribution in [2.75, 3.05) is 20.2 Å². The van der Waals surface area contributed by atoms with Crippen LogP contribution in [0.3, 0.4) is 0 Å². The zero-order chi connectivity index (χ0) is 19.4. The predicted octanol–water partition coefficient (Wildman–Crippen LogP) is 3.76. The van der Waals surface area contributed by atoms with Gasteiger partial charge in [-0.05, 0) is 43.5 Å². The highest BCUT2D eigenvalue weighted by molar-refractivity contribution is 6.00. The van der Waals surface area contributed by atoms with Crippen molar-refractivity contribution in [3.8, 4) is 17.2 Å². The van der Waals surface area contributed by atoms with E-state index in [1.807, 2.05) is 24.3 Å². The molecule has 1 aliphatic rings. The highest BCUT2D eigenvalue weighted by Gasteiger charge is 2.23. The standard InChI is InChI=1S/C22H27NO4/c1-15-6-5-11-23(13-15)14-18-19(24)10-9-17(22(18)26)20(25)12-16-7-3-4-8-21(16)27-2/h3-4,7-10,15,24,26H,5-6,11-14H2,1-2H3/t15-/m1/s1. The first kappa shape index (κ1) is 19.2. The van der Waals surface area contributed by atoms with Crippen LogP contribution in [0.15, 0.2) is 36.4 Å². The highest BCUT2D eigenvalue weighted by Crippen LogP contribution is 2.34. The van der Waals surface area contributed by atoms with Crippen LogP contribution in [0.5, 0.6) is 17.2 Å². The van der Waals surface area contributed by atoms with Crippen molar-refractivity contribution in [3.05, 3.63) is 53.1 Å². The molecule has 0 aromatic heterocycles. The van der Waals surface area contributed by atoms with E-state index in [4.69, 9.17) is 4.74 Å². The maximum atomic E-state index is 12.8. The van der Waals surface area contributed by atoms with Gasteiger partial charge in [-0.25, -0.2) is 0 Å². The Morgan fingerprint density at radius 1 is 1.22 bits per heavy atom. The molecule has 2 N–H and O–H groups in total. The van der Waals surface area contributed by atoms with E-state index in [9.17, 15) is 15.0 Å². The summed E-state index contributed by atoms with van der Waals surface area (Å²) in [4.78, 5) is 15.0. The van der Waals surface area contributed by atoms with Crippen LogP contribution >= 0.6 is 0 Å². The van der Waals surface area contributed by atoms with E-state index < -0.39 is 0 Å². The van der Waals surface area contributed by atoms with Crippen LogP contribution in [0.25, 0.3) is 0 Å². The van der Waals surface area contributed by atoms with Crippen molar-refractivity contribution in [3.63, 3.8) is 0 Å². The number of aromatic hydroxyl groups is 2. The molecule has 0 bridgehead atoms. The van der Waals surface area contributed by atoms with E-state index >= 15 is 0 Å². The van der Waals surface area contributed by atoms with Crippen molar-refractivity contribution < 1.29 is 19.7 Å². The molecule has 27 heavy (non-hydrogen) atoms. The maximum absolute atomic E-state index is 12.8. The Balaban J connectivity index is 1.82. The lowest BCUT2D eigenvalue weighted by Gasteiger charge is -2.31. The zero-order valence-corrected chi connectivity index (χ0v) is 15.9. The number of phenolic OH excluding ortho intramolecular Hbond substituents is 2. The summed E-state index contributed by atoms with van der Waals surface area (Å²) in [6, 6.07) is 10.3. The molecule has 1 saturated heterocycles. The highest BCUT2D eigenvalue weighted by atomic mass is 16.5. The molecule has 0 radical (unpaired) electrons. The van der Waals surface area contributed by atoms with E-state index in [2.05, 4.69) is 11.8 Å². The number of hydrogen-bond donors (Lipinski definition) is 2. The van der Waals surface area contributed by atoms with Gasteiger partial charge in [-0.15, -0.1) is 0 Å². The van der Waals surface area contributed by atoms with Crippen molar-refractivity contribution >= 4 is 5.78 Å². The van der Waals surface area contributed by atoms with Gasteiger partial charge >= 0.3 is 0 Å². The van der Waals surface area contributed by atoms with Gasteiger partial charge in [-0.1, -0.05) is 25.1 Å². The third-order valence-electron chi connectivity index (χ3n) is 5.22. The number of para-hydroxylation sites is 1. The second-order valence-corrected chi connectivity index (χ2v) is 7.35. The van der Waals surface area contributed by atoms with Gasteiger partial charge in [0.05, 0.1) is 18.2 Å². The van der Waals surface area contributed by atoms with Crippen LogP contribution in [0.4, 0.5) is 0 Å². The van der Waals surface area contributed by atoms with E-state index in [0.717, 1.165) is 25.1 Å². The fourth-order valence-corrected chi connectivity index (χ4v) is 3.78. The molecule has 1 atom stereocenters. The fraction of sp³-hybridized carbons (Fsp3) is 0.409. The Morgan fingerprint density at radius 2 is 2.00 bits per heavy atom. The average Bonchev–Trinajstić information content (AvgIpc) is 2.65. The molecule has 2 aromatic rings. The Bertz CT molecular complexity index is 818. The van der Waals surface area contributed by atoms with E-state index in [1.165, 1.54) is 18.6 Å². The molecule has 1 fully saturated rings. The Labute approximate surface area is 160 Å². The third kappa shape index (κ3) is 4.42. The number of carbonyl (C=O) groups is 1. The summed E-state index contributed by atoms with van der Waals surface area (Å²) in [6.07, 6.45) is 2.43. The van der Waals surface area contributed by atoms with Crippen molar-refractivity contribution in [2.45, 2.75) is 32.7 Å². The molecular weight excluding hydrogens is 342 g/mol. The number of nitrogens with zero attached hydrogens (tertiary/aromatic N) is 1. The van der Waals surface area contributed by atoms with Crippen LogP contribution in [0.2, 0.25) is 0 Å². The zero-order valence-electron chi connectivity index (χ0n) is 15.9. The summed E-state index contributed by atoms with van der Waals surface area (Å²) in [7, 11) is 1.57. The maximum Gasteiger partial charge on any atom is 0.171 e. The van der Waals surface area contributed by atoms with Gasteiger partial charge in [0.1, 0.15) is 17.2 Å². The molecule has 0 aliphatic carbocycles. The van der Waals surface area contributed by atoms with Crippen LogP contribution in [-0.4, -0.2) is 41.1 Å². The van der Waals surface area contributed by atoms with Gasteiger partial charge in [-0.2, -0.15) is 0 Å². The number of ketones is 1. The smallest absolute Gasteiger partial charge is 0.171 e. The molecule has 3 rings (SSSR count). The van der Waals surface area contributed by atoms with Crippen molar-refractivity contribution in [1.82, 2.24) is 4.90 Å². The van der Waals surface area contributed by atoms with Crippen LogP contribution in [-0.2, 0) is 13.0 Å². The molecule has 5 heteroatoms. The summed E-state index contributed by atoms with van der Waals surface area (Å²) >= 11 is 0. The number of ether oxygens (including phenoxy) is 1. The Kier molecular flexibility index (Phi) is 6.01. The summed E-state index contributed by atoms with van der Waals surface area (Å²) in [6.45, 7) is 4.51. The summed E-state index contributed by atoms with van der Waals surface area (Å²) in [5.41, 5.74) is 1.43. The molecule has 0 spiro atoms. The first-order valence-electron chi connectivity index (χ1n) is 9.40. The Morgan fingerprint density at radius 3 is 2.74 bits per heavy atom. The van der Waals surface area contributed by atoms with Crippen molar-refractivity contribution in [2.24, 2.45) is 5.92 Å². The largest absolute Gasteiger partial charge is 0.507 e. The number of methoxy groups -OCH3 is 1. The summed E-state index contributed by atoms with van der Waals surface area (Å²) < 4.78 is 5.30. The summed E-state index contributed by atoms with van der Waals surface area (Å²) in [5, 5.41) is 21.0. The molecule has 0 unspecified atom stereocenters. The SMILES string of the molecule is COc1ccccc1CC(=O)c1ccc(O)c(CN2CCC[C@@H](C)C2)c1O. The molecular formula is C22H27NO4. The van der Waals surface area contributed by atoms with Crippen LogP contribution in [0, 0.1) is 5.92 Å². The molecule has 0 amide bonds. The molecule has 0 saturated carbocycles. The quantitative estimate of drug-likeness (QED) is 0.759. The van der Waals surface area contributed by atoms with E-state index in [1.54, 1.807) is 7.11 Å². The van der Waals surface area contributed by atoms with E-state index in [0.29, 0.717) is 23.8 Å². The van der Waals surface area contributed by atoms with Gasteiger partial charge < -0.3 is 14.9 Å². The van der Waals surface area contributed by atoms with Crippen LogP contribution < -0.4 is 4.74 Å². The molecule has 2 aromatic carbocycles. The minimum Gasteiger partial charge on any atom is -0.507 e. The third-order valence-corrected chi connectivity index (χ3v) is 5.22. The number of rotatable bonds is 6. The average molecular weight is 369 g/mol. The lowest BCUT2D eigenvalue weighted by atomic mass is 9.97. The number of hydrogen-bond acceptors (Lipinski definition) is 5. The van der Waals surface area contributed by atoms with Gasteiger partial charge in [0, 0.05) is 25.1 Å². The van der Waals surface area contributed by atoms with Crippen molar-refractivity contribution in [1.29, 1.82) is 0 Å². The number of benzene rings is 2. The lowest BCUT2D eigenvalue weighted by Crippen LogP contribution is -2.33. The second kappa shape index (κ2) is 8.44. The minimum absolute atomic E-state index is 0.0274. The lowest BCUT2D eigenvalue weighted by molar-refractivity contribution is 0.0989. The topological polar surface area (TPSA) is 70.0 Å². The van der Waals surface area contributed by atoms with E-state index in [-0.39, 0.29) is 29.3 Å². The van der Waals surface area contributed by atoms with Gasteiger partial charge in [-0.3, -0.25) is 9.69 Å². The Hall–Kier alpha value is -2.53. The van der Waals surface area contributed by atoms with Crippen LogP contribution in [0.1, 0.15) is 41.3 Å². The first-order valence-corrected chi connectivity index (χ1v) is 9.40. The minimum atomic E-state index is -0.203. The summed E-state index contributed by atoms with van der Waals surface area (Å²) in [5.74, 6) is 0.947. The number of piperidine rings is 1. The first-order chi connectivity index (χ1) is 13.0. The number of carbonyl (C=O) groups excluding carboxylic acids is 1. The fourth-order valence-electron chi connectivity index (χ4n) is 3.78. The predicted molar refractivity (Wildman–Crippen MR) is 104 cm³/mol. The van der Waals surface area contributed by atoms with Gasteiger partial charge in [0.2, 0.25) is 0 Å². The number of Topliss-reactive ketones (excluding diaryl/α,β-unsaturated/α-hetero) is 1. The molecule has 5 nitrogen and oxygen atoms in total. The molecule has 144 valence electrons. The monoisotopic (exact) mass is 369 g/mol. The second-order valence-electron chi connectivity index (χ2n) is 7.35. The number of phenols is 2. The normalized spacial score (nSPS) is 17.6. The molecule has 1 heterocycles. The number of likely N-dealkylation sites (tertiary alicyclic amines) is 1.